The van der Waals surface area contributed by atoms with Crippen LogP contribution >= 0.6 is 0 Å². The largest absolute Gasteiger partial charge is 0.493 e. The van der Waals surface area contributed by atoms with Crippen molar-refractivity contribution in [2.24, 2.45) is 66.0 Å². The first-order valence-electron chi connectivity index (χ1n) is 17.9. The quantitative estimate of drug-likeness (QED) is 0.0399. The van der Waals surface area contributed by atoms with Gasteiger partial charge in [-0.25, -0.2) is 0 Å². The second-order valence-corrected chi connectivity index (χ2v) is 12.3. The molecule has 3 aromatic carbocycles. The van der Waals surface area contributed by atoms with E-state index in [0.29, 0.717) is 101 Å². The molecule has 3 rings (SSSR count). The predicted molar refractivity (Wildman–Crippen MR) is 216 cm³/mol. The molecule has 1 unspecified atom stereocenters. The van der Waals surface area contributed by atoms with Crippen molar-refractivity contribution in [3.63, 3.8) is 0 Å². The fraction of sp³-hybridized carbons (Fsp3) is 0.421. The Labute approximate surface area is 312 Å². The number of nitrogens with zero attached hydrogens (tertiary/aromatic N) is 4. The average molecular weight is 732 g/mol. The lowest BCUT2D eigenvalue weighted by Crippen LogP contribution is -2.23. The van der Waals surface area contributed by atoms with E-state index in [1.165, 1.54) is 0 Å². The molecule has 3 aromatic rings. The van der Waals surface area contributed by atoms with E-state index in [0.717, 1.165) is 35.1 Å². The van der Waals surface area contributed by atoms with E-state index < -0.39 is 0 Å². The van der Waals surface area contributed by atoms with Gasteiger partial charge in [-0.05, 0) is 59.0 Å². The molecule has 288 valence electrons. The Bertz CT molecular complexity index is 1640. The van der Waals surface area contributed by atoms with Crippen LogP contribution in [0.15, 0.2) is 80.6 Å². The van der Waals surface area contributed by atoms with Crippen LogP contribution in [0.25, 0.3) is 22.3 Å². The average Bonchev–Trinajstić information content (AvgIpc) is 3.13. The van der Waals surface area contributed by atoms with Crippen LogP contribution < -0.4 is 59.1 Å². The molecular formula is C38H57N11O4. The van der Waals surface area contributed by atoms with Gasteiger partial charge >= 0.3 is 0 Å². The number of rotatable bonds is 24. The van der Waals surface area contributed by atoms with Gasteiger partial charge in [0, 0.05) is 69.9 Å². The van der Waals surface area contributed by atoms with Gasteiger partial charge in [0.15, 0.2) is 17.9 Å². The second-order valence-electron chi connectivity index (χ2n) is 12.3. The number of hydrogen-bond donors (Lipinski definition) is 7. The molecule has 0 heterocycles. The minimum Gasteiger partial charge on any atom is -0.493 e. The Hall–Kier alpha value is -5.86. The first kappa shape index (κ1) is 41.6. The molecule has 0 aliphatic rings. The number of guanidine groups is 3. The molecule has 1 atom stereocenters. The van der Waals surface area contributed by atoms with E-state index in [-0.39, 0.29) is 23.8 Å². The van der Waals surface area contributed by atoms with Crippen molar-refractivity contribution in [1.82, 2.24) is 0 Å². The normalized spacial score (nSPS) is 11.6. The third-order valence-corrected chi connectivity index (χ3v) is 7.87. The molecule has 53 heavy (non-hydrogen) atoms. The lowest BCUT2D eigenvalue weighted by Gasteiger charge is -2.15. The lowest BCUT2D eigenvalue weighted by atomic mass is 9.98. The molecule has 14 N–H and O–H groups in total. The van der Waals surface area contributed by atoms with Gasteiger partial charge < -0.3 is 59.1 Å². The number of nitrogens with two attached hydrogens (primary N) is 7. The third-order valence-electron chi connectivity index (χ3n) is 7.87. The zero-order chi connectivity index (χ0) is 38.4. The van der Waals surface area contributed by atoms with Crippen LogP contribution in [-0.4, -0.2) is 76.3 Å². The smallest absolute Gasteiger partial charge is 0.185 e. The maximum Gasteiger partial charge on any atom is 0.185 e. The molecule has 0 saturated heterocycles. The Morgan fingerprint density at radius 3 is 1.15 bits per heavy atom. The van der Waals surface area contributed by atoms with Crippen molar-refractivity contribution >= 4 is 23.7 Å². The molecule has 0 aliphatic carbocycles. The number of ether oxygens (including phenoxy) is 4. The zero-order valence-electron chi connectivity index (χ0n) is 31.0. The van der Waals surface area contributed by atoms with Gasteiger partial charge in [-0.3, -0.25) is 20.0 Å². The van der Waals surface area contributed by atoms with E-state index in [1.807, 2.05) is 54.6 Å². The zero-order valence-corrected chi connectivity index (χ0v) is 31.0. The molecule has 0 radical (unpaired) electrons. The van der Waals surface area contributed by atoms with Gasteiger partial charge in [-0.15, -0.1) is 0 Å². The molecule has 0 fully saturated rings. The number of aliphatic imine (C=N–C) groups is 4. The maximum absolute atomic E-state index is 6.20. The predicted octanol–water partition coefficient (Wildman–Crippen LogP) is 3.32. The van der Waals surface area contributed by atoms with E-state index in [9.17, 15) is 0 Å². The lowest BCUT2D eigenvalue weighted by molar-refractivity contribution is 0.298. The molecule has 0 saturated carbocycles. The second kappa shape index (κ2) is 22.9. The van der Waals surface area contributed by atoms with Crippen LogP contribution in [0.1, 0.15) is 46.0 Å². The Kier molecular flexibility index (Phi) is 17.9. The SMILES string of the molecule is CCC(C)C(N)=NCCCOc1cc(OCCCN=C(N)N)cc(-c2cccc(-c3cc(OCCCN=C(N)N)cc(OCCCN=C(N)N)c3)c2)c1. The van der Waals surface area contributed by atoms with Gasteiger partial charge in [0.1, 0.15) is 23.0 Å². The third kappa shape index (κ3) is 16.4. The molecule has 15 nitrogen and oxygen atoms in total. The summed E-state index contributed by atoms with van der Waals surface area (Å²) in [5, 5.41) is 0. The summed E-state index contributed by atoms with van der Waals surface area (Å²) in [5.41, 5.74) is 42.6. The van der Waals surface area contributed by atoms with E-state index >= 15 is 0 Å². The number of hydrogen-bond acceptors (Lipinski definition) is 8. The summed E-state index contributed by atoms with van der Waals surface area (Å²) in [5.74, 6) is 3.74. The molecule has 0 amide bonds. The van der Waals surface area contributed by atoms with Crippen LogP contribution in [0.3, 0.4) is 0 Å². The van der Waals surface area contributed by atoms with Crippen molar-refractivity contribution in [2.75, 3.05) is 52.6 Å². The van der Waals surface area contributed by atoms with Gasteiger partial charge in [-0.1, -0.05) is 32.0 Å². The summed E-state index contributed by atoms with van der Waals surface area (Å²) < 4.78 is 24.5. The molecular weight excluding hydrogens is 674 g/mol. The first-order valence-corrected chi connectivity index (χ1v) is 17.9. The minimum atomic E-state index is 0.0507. The van der Waals surface area contributed by atoms with Crippen LogP contribution in [0.2, 0.25) is 0 Å². The summed E-state index contributed by atoms with van der Waals surface area (Å²) in [6.45, 7) is 7.89. The topological polar surface area (TPSA) is 268 Å². The van der Waals surface area contributed by atoms with Crippen LogP contribution in [0.5, 0.6) is 23.0 Å². The van der Waals surface area contributed by atoms with E-state index in [4.69, 9.17) is 59.1 Å². The summed E-state index contributed by atoms with van der Waals surface area (Å²) in [6.07, 6.45) is 3.60. The van der Waals surface area contributed by atoms with Gasteiger partial charge in [0.05, 0.1) is 32.3 Å². The Morgan fingerprint density at radius 2 is 0.830 bits per heavy atom. The summed E-state index contributed by atoms with van der Waals surface area (Å²) in [6, 6.07) is 19.9. The molecule has 15 heteroatoms. The molecule has 0 aromatic heterocycles. The highest BCUT2D eigenvalue weighted by Crippen LogP contribution is 2.35. The summed E-state index contributed by atoms with van der Waals surface area (Å²) >= 11 is 0. The van der Waals surface area contributed by atoms with E-state index in [1.54, 1.807) is 0 Å². The van der Waals surface area contributed by atoms with Crippen LogP contribution in [0.4, 0.5) is 0 Å². The highest BCUT2D eigenvalue weighted by Gasteiger charge is 2.11. The molecule has 0 bridgehead atoms. The molecule has 0 aliphatic heterocycles. The summed E-state index contributed by atoms with van der Waals surface area (Å²) in [7, 11) is 0. The van der Waals surface area contributed by atoms with Crippen LogP contribution in [0, 0.1) is 5.92 Å². The van der Waals surface area contributed by atoms with Gasteiger partial charge in [0.2, 0.25) is 0 Å². The van der Waals surface area contributed by atoms with E-state index in [2.05, 4.69) is 39.9 Å². The van der Waals surface area contributed by atoms with Crippen molar-refractivity contribution in [3.05, 3.63) is 60.7 Å². The Balaban J connectivity index is 1.87. The fourth-order valence-electron chi connectivity index (χ4n) is 4.90. The standard InChI is InChI=1S/C38H57N11O4/c1-3-26(2)35(39)46-11-5-15-50-31-20-29(21-32(24-31)51-16-6-12-47-36(40)41)27-9-4-10-28(19-27)30-22-33(52-17-7-13-48-37(42)43)25-34(23-30)53-18-8-14-49-38(44)45/h4,9-10,19-26H,3,5-8,11-18H2,1-2H3,(H2,39,46)(H4,40,41,47)(H4,42,43,48)(H4,44,45,49). The maximum atomic E-state index is 6.20. The van der Waals surface area contributed by atoms with Crippen LogP contribution in [-0.2, 0) is 0 Å². The van der Waals surface area contributed by atoms with Crippen molar-refractivity contribution in [3.8, 4) is 45.3 Å². The minimum absolute atomic E-state index is 0.0507. The van der Waals surface area contributed by atoms with Gasteiger partial charge in [-0.2, -0.15) is 0 Å². The molecule has 0 spiro atoms. The van der Waals surface area contributed by atoms with Crippen molar-refractivity contribution < 1.29 is 18.9 Å². The monoisotopic (exact) mass is 731 g/mol. The number of amidine groups is 1. The van der Waals surface area contributed by atoms with Gasteiger partial charge in [0.25, 0.3) is 0 Å². The Morgan fingerprint density at radius 1 is 0.491 bits per heavy atom. The summed E-state index contributed by atoms with van der Waals surface area (Å²) in [4.78, 5) is 16.6. The fourth-order valence-corrected chi connectivity index (χ4v) is 4.90. The van der Waals surface area contributed by atoms with Crippen molar-refractivity contribution in [2.45, 2.75) is 46.0 Å². The first-order chi connectivity index (χ1) is 25.5. The highest BCUT2D eigenvalue weighted by atomic mass is 16.5. The number of benzene rings is 3. The highest BCUT2D eigenvalue weighted by molar-refractivity contribution is 5.82. The van der Waals surface area contributed by atoms with Crippen molar-refractivity contribution in [1.29, 1.82) is 0 Å².